The summed E-state index contributed by atoms with van der Waals surface area (Å²) in [5.74, 6) is 0. The molecular weight excluding hydrogens is 631 g/mol. The minimum atomic E-state index is -0.452. The maximum Gasteiger partial charge on any atom is 0.0858 e. The smallest absolute Gasteiger partial charge is 0.0858 e. The standard InChI is InChI=1S/C49H39N3/c50-48(44-24-12-10-20-39(44)34-15-2-1-3-16-34)52-49(45-25-13-11-22-41(45)38-27-26-33-14-4-5-18-36(33)30-38)51-32-47-42-23-9-7-19-37(42)31-46-40-21-8-6-17-35(40)28-29-43(46)47/h1-31,48-49,51-52H,32,50H2. The number of nitrogens with one attached hydrogen (secondary N) is 2. The van der Waals surface area contributed by atoms with Crippen LogP contribution in [0.4, 0.5) is 0 Å². The van der Waals surface area contributed by atoms with Crippen molar-refractivity contribution in [3.8, 4) is 22.3 Å². The monoisotopic (exact) mass is 669 g/mol. The zero-order valence-electron chi connectivity index (χ0n) is 28.8. The molecule has 0 fully saturated rings. The maximum atomic E-state index is 7.20. The summed E-state index contributed by atoms with van der Waals surface area (Å²) in [6.45, 7) is 0.632. The summed E-state index contributed by atoms with van der Waals surface area (Å²) >= 11 is 0. The maximum absolute atomic E-state index is 7.20. The quantitative estimate of drug-likeness (QED) is 0.0814. The normalized spacial score (nSPS) is 12.8. The van der Waals surface area contributed by atoms with Crippen molar-refractivity contribution in [3.63, 3.8) is 0 Å². The SMILES string of the molecule is NC(NC(NCc1c2ccccc2cc2c1ccc1ccccc12)c1ccccc1-c1ccc2ccccc2c1)c1ccccc1-c1ccccc1. The van der Waals surface area contributed by atoms with Crippen LogP contribution in [0.5, 0.6) is 0 Å². The zero-order chi connectivity index (χ0) is 34.9. The molecule has 0 heterocycles. The van der Waals surface area contributed by atoms with E-state index in [1.54, 1.807) is 0 Å². The van der Waals surface area contributed by atoms with Crippen LogP contribution in [0.1, 0.15) is 29.0 Å². The highest BCUT2D eigenvalue weighted by Crippen LogP contribution is 2.36. The van der Waals surface area contributed by atoms with Crippen molar-refractivity contribution in [3.05, 3.63) is 205 Å². The highest BCUT2D eigenvalue weighted by molar-refractivity contribution is 6.14. The van der Waals surface area contributed by atoms with Gasteiger partial charge >= 0.3 is 0 Å². The van der Waals surface area contributed by atoms with Crippen molar-refractivity contribution in [2.45, 2.75) is 18.9 Å². The second-order valence-electron chi connectivity index (χ2n) is 13.5. The number of nitrogens with two attached hydrogens (primary N) is 1. The Bertz CT molecular complexity index is 2700. The van der Waals surface area contributed by atoms with E-state index in [2.05, 4.69) is 193 Å². The molecular formula is C49H39N3. The molecule has 4 N–H and O–H groups in total. The first kappa shape index (κ1) is 31.9. The molecule has 9 aromatic carbocycles. The third-order valence-corrected chi connectivity index (χ3v) is 10.4. The van der Waals surface area contributed by atoms with Crippen molar-refractivity contribution in [2.75, 3.05) is 0 Å². The second kappa shape index (κ2) is 13.9. The van der Waals surface area contributed by atoms with Gasteiger partial charge in [0.15, 0.2) is 0 Å². The van der Waals surface area contributed by atoms with Crippen LogP contribution in [-0.2, 0) is 6.54 Å². The molecule has 0 spiro atoms. The molecule has 0 amide bonds. The van der Waals surface area contributed by atoms with Crippen LogP contribution in [-0.4, -0.2) is 0 Å². The van der Waals surface area contributed by atoms with E-state index >= 15 is 0 Å². The van der Waals surface area contributed by atoms with E-state index in [1.807, 2.05) is 6.07 Å². The molecule has 2 atom stereocenters. The summed E-state index contributed by atoms with van der Waals surface area (Å²) in [7, 11) is 0. The van der Waals surface area contributed by atoms with E-state index in [1.165, 1.54) is 54.2 Å². The first-order valence-corrected chi connectivity index (χ1v) is 18.0. The third-order valence-electron chi connectivity index (χ3n) is 10.4. The molecule has 0 aliphatic carbocycles. The van der Waals surface area contributed by atoms with E-state index in [0.717, 1.165) is 27.8 Å². The Morgan fingerprint density at radius 2 is 1.00 bits per heavy atom. The Balaban J connectivity index is 1.16. The van der Waals surface area contributed by atoms with Crippen LogP contribution in [0.15, 0.2) is 188 Å². The Kier molecular flexibility index (Phi) is 8.51. The first-order valence-electron chi connectivity index (χ1n) is 18.0. The molecule has 0 saturated carbocycles. The van der Waals surface area contributed by atoms with Gasteiger partial charge in [0, 0.05) is 6.54 Å². The summed E-state index contributed by atoms with van der Waals surface area (Å²) in [6.07, 6.45) is -0.734. The van der Waals surface area contributed by atoms with Crippen LogP contribution in [0, 0.1) is 0 Å². The summed E-state index contributed by atoms with van der Waals surface area (Å²) in [5.41, 5.74) is 15.3. The Hall–Kier alpha value is -6.10. The van der Waals surface area contributed by atoms with E-state index in [-0.39, 0.29) is 6.17 Å². The molecule has 2 unspecified atom stereocenters. The van der Waals surface area contributed by atoms with Gasteiger partial charge < -0.3 is 5.73 Å². The van der Waals surface area contributed by atoms with Gasteiger partial charge in [-0.2, -0.15) is 0 Å². The van der Waals surface area contributed by atoms with Gasteiger partial charge in [0.1, 0.15) is 0 Å². The molecule has 0 radical (unpaired) electrons. The summed E-state index contributed by atoms with van der Waals surface area (Å²) in [4.78, 5) is 0. The van der Waals surface area contributed by atoms with Crippen molar-refractivity contribution < 1.29 is 0 Å². The number of fused-ring (bicyclic) bond motifs is 5. The number of benzene rings is 9. The molecule has 0 aromatic heterocycles. The second-order valence-corrected chi connectivity index (χ2v) is 13.5. The average Bonchev–Trinajstić information content (AvgIpc) is 3.22. The molecule has 0 aliphatic rings. The lowest BCUT2D eigenvalue weighted by Gasteiger charge is -2.29. The van der Waals surface area contributed by atoms with Crippen LogP contribution in [0.25, 0.3) is 65.3 Å². The van der Waals surface area contributed by atoms with Crippen molar-refractivity contribution in [1.29, 1.82) is 0 Å². The van der Waals surface area contributed by atoms with Gasteiger partial charge in [-0.3, -0.25) is 10.6 Å². The predicted molar refractivity (Wildman–Crippen MR) is 220 cm³/mol. The molecule has 52 heavy (non-hydrogen) atoms. The average molecular weight is 670 g/mol. The van der Waals surface area contributed by atoms with Gasteiger partial charge in [-0.15, -0.1) is 0 Å². The molecule has 0 saturated heterocycles. The van der Waals surface area contributed by atoms with E-state index in [0.29, 0.717) is 6.54 Å². The van der Waals surface area contributed by atoms with Crippen molar-refractivity contribution in [2.24, 2.45) is 5.73 Å². The molecule has 3 heteroatoms. The lowest BCUT2D eigenvalue weighted by Crippen LogP contribution is -2.40. The summed E-state index contributed by atoms with van der Waals surface area (Å²) in [5, 5.41) is 17.8. The molecule has 9 rings (SSSR count). The zero-order valence-corrected chi connectivity index (χ0v) is 28.8. The summed E-state index contributed by atoms with van der Waals surface area (Å²) < 4.78 is 0. The lowest BCUT2D eigenvalue weighted by molar-refractivity contribution is 0.388. The fourth-order valence-electron chi connectivity index (χ4n) is 7.85. The van der Waals surface area contributed by atoms with Gasteiger partial charge in [0.2, 0.25) is 0 Å². The Labute approximate surface area is 304 Å². The van der Waals surface area contributed by atoms with Crippen molar-refractivity contribution in [1.82, 2.24) is 10.6 Å². The van der Waals surface area contributed by atoms with Crippen LogP contribution >= 0.6 is 0 Å². The molecule has 0 bridgehead atoms. The fraction of sp³-hybridized carbons (Fsp3) is 0.0612. The van der Waals surface area contributed by atoms with E-state index in [9.17, 15) is 0 Å². The van der Waals surface area contributed by atoms with Crippen LogP contribution < -0.4 is 16.4 Å². The lowest BCUT2D eigenvalue weighted by atomic mass is 9.92. The van der Waals surface area contributed by atoms with Gasteiger partial charge in [0.25, 0.3) is 0 Å². The van der Waals surface area contributed by atoms with Gasteiger partial charge in [-0.1, -0.05) is 176 Å². The molecule has 3 nitrogen and oxygen atoms in total. The largest absolute Gasteiger partial charge is 0.312 e. The number of hydrogen-bond donors (Lipinski definition) is 3. The summed E-state index contributed by atoms with van der Waals surface area (Å²) in [6, 6.07) is 67.2. The fourth-order valence-corrected chi connectivity index (χ4v) is 7.85. The van der Waals surface area contributed by atoms with Gasteiger partial charge in [-0.05, 0) is 94.2 Å². The molecule has 0 aliphatic heterocycles. The van der Waals surface area contributed by atoms with Gasteiger partial charge in [-0.25, -0.2) is 0 Å². The first-order chi connectivity index (χ1) is 25.7. The van der Waals surface area contributed by atoms with Crippen LogP contribution in [0.2, 0.25) is 0 Å². The Morgan fingerprint density at radius 3 is 1.81 bits per heavy atom. The number of hydrogen-bond acceptors (Lipinski definition) is 3. The Morgan fingerprint density at radius 1 is 0.404 bits per heavy atom. The highest BCUT2D eigenvalue weighted by atomic mass is 15.2. The number of rotatable bonds is 9. The highest BCUT2D eigenvalue weighted by Gasteiger charge is 2.22. The van der Waals surface area contributed by atoms with Crippen LogP contribution in [0.3, 0.4) is 0 Å². The van der Waals surface area contributed by atoms with E-state index < -0.39 is 6.17 Å². The van der Waals surface area contributed by atoms with E-state index in [4.69, 9.17) is 5.73 Å². The molecule has 250 valence electrons. The predicted octanol–water partition coefficient (Wildman–Crippen LogP) is 11.7. The molecule has 9 aromatic rings. The van der Waals surface area contributed by atoms with Crippen molar-refractivity contribution >= 4 is 43.1 Å². The third kappa shape index (κ3) is 6.01. The minimum Gasteiger partial charge on any atom is -0.312 e. The van der Waals surface area contributed by atoms with Gasteiger partial charge in [0.05, 0.1) is 12.3 Å². The topological polar surface area (TPSA) is 50.1 Å². The minimum absolute atomic E-state index is 0.282.